The van der Waals surface area contributed by atoms with Gasteiger partial charge < -0.3 is 15.4 Å². The molecule has 1 aromatic rings. The molecule has 2 saturated heterocycles. The minimum Gasteiger partial charge on any atom is -0.381 e. The van der Waals surface area contributed by atoms with Crippen LogP contribution in [-0.2, 0) is 11.3 Å². The van der Waals surface area contributed by atoms with Crippen molar-refractivity contribution in [1.82, 2.24) is 15.5 Å². The zero-order valence-corrected chi connectivity index (χ0v) is 19.3. The number of thioether (sulfide) groups is 1. The number of benzene rings is 1. The fourth-order valence-electron chi connectivity index (χ4n) is 4.14. The van der Waals surface area contributed by atoms with Crippen molar-refractivity contribution in [2.75, 3.05) is 45.6 Å². The Hall–Kier alpha value is -0.950. The average molecular weight is 439 g/mol. The summed E-state index contributed by atoms with van der Waals surface area (Å²) >= 11 is 8.05. The Bertz CT molecular complexity index is 635. The second-order valence-electron chi connectivity index (χ2n) is 7.98. The number of piperidine rings is 1. The molecule has 7 heteroatoms. The van der Waals surface area contributed by atoms with Gasteiger partial charge in [-0.25, -0.2) is 0 Å². The molecule has 29 heavy (non-hydrogen) atoms. The molecule has 0 aromatic heterocycles. The molecule has 0 aliphatic carbocycles. The first-order valence-corrected chi connectivity index (χ1v) is 12.1. The highest BCUT2D eigenvalue weighted by atomic mass is 35.5. The van der Waals surface area contributed by atoms with Crippen LogP contribution in [0.1, 0.15) is 38.2 Å². The van der Waals surface area contributed by atoms with Crippen molar-refractivity contribution in [3.63, 3.8) is 0 Å². The molecule has 3 rings (SSSR count). The lowest BCUT2D eigenvalue weighted by molar-refractivity contribution is 0.0781. The predicted octanol–water partition coefficient (Wildman–Crippen LogP) is 3.77. The molecular formula is C22H35ClN4OS. The van der Waals surface area contributed by atoms with Gasteiger partial charge in [-0.15, -0.1) is 0 Å². The van der Waals surface area contributed by atoms with Crippen LogP contribution in [-0.4, -0.2) is 67.3 Å². The number of likely N-dealkylation sites (tertiary alicyclic amines) is 1. The first kappa shape index (κ1) is 22.7. The topological polar surface area (TPSA) is 48.9 Å². The zero-order valence-electron chi connectivity index (χ0n) is 17.8. The molecule has 0 spiro atoms. The molecule has 2 aliphatic rings. The standard InChI is InChI=1S/C22H35ClN4OS/c1-3-29-22(10-14-28-15-11-22)17-25-21(24-2)26-20-8-12-27(13-9-20)16-18-4-6-19(23)7-5-18/h4-7,20H,3,8-17H2,1-2H3,(H2,24,25,26). The van der Waals surface area contributed by atoms with E-state index >= 15 is 0 Å². The van der Waals surface area contributed by atoms with Crippen LogP contribution in [0.4, 0.5) is 0 Å². The molecular weight excluding hydrogens is 404 g/mol. The number of nitrogens with zero attached hydrogens (tertiary/aromatic N) is 2. The zero-order chi connectivity index (χ0) is 20.5. The van der Waals surface area contributed by atoms with Gasteiger partial charge in [-0.2, -0.15) is 11.8 Å². The Morgan fingerprint density at radius 3 is 2.55 bits per heavy atom. The fourth-order valence-corrected chi connectivity index (χ4v) is 5.51. The SMILES string of the molecule is CCSC1(CNC(=NC)NC2CCN(Cc3ccc(Cl)cc3)CC2)CCOCC1. The number of hydrogen-bond donors (Lipinski definition) is 2. The van der Waals surface area contributed by atoms with Crippen LogP contribution in [0.25, 0.3) is 0 Å². The van der Waals surface area contributed by atoms with E-state index in [0.29, 0.717) is 6.04 Å². The van der Waals surface area contributed by atoms with Crippen LogP contribution in [0.3, 0.4) is 0 Å². The molecule has 162 valence electrons. The van der Waals surface area contributed by atoms with Gasteiger partial charge in [0.1, 0.15) is 0 Å². The lowest BCUT2D eigenvalue weighted by Crippen LogP contribution is -2.52. The highest BCUT2D eigenvalue weighted by Gasteiger charge is 2.33. The molecule has 0 unspecified atom stereocenters. The van der Waals surface area contributed by atoms with E-state index < -0.39 is 0 Å². The first-order valence-electron chi connectivity index (χ1n) is 10.8. The van der Waals surface area contributed by atoms with Crippen molar-refractivity contribution < 1.29 is 4.74 Å². The number of nitrogens with one attached hydrogen (secondary N) is 2. The Morgan fingerprint density at radius 2 is 1.93 bits per heavy atom. The Balaban J connectivity index is 1.42. The van der Waals surface area contributed by atoms with Crippen molar-refractivity contribution in [3.05, 3.63) is 34.9 Å². The van der Waals surface area contributed by atoms with Gasteiger partial charge in [-0.3, -0.25) is 9.89 Å². The second-order valence-corrected chi connectivity index (χ2v) is 10.1. The molecule has 0 amide bonds. The van der Waals surface area contributed by atoms with E-state index in [4.69, 9.17) is 16.3 Å². The molecule has 0 radical (unpaired) electrons. The van der Waals surface area contributed by atoms with E-state index in [-0.39, 0.29) is 4.75 Å². The quantitative estimate of drug-likeness (QED) is 0.501. The van der Waals surface area contributed by atoms with Crippen LogP contribution in [0.2, 0.25) is 5.02 Å². The second kappa shape index (κ2) is 11.4. The maximum absolute atomic E-state index is 5.99. The van der Waals surface area contributed by atoms with Gasteiger partial charge in [0, 0.05) is 62.3 Å². The maximum atomic E-state index is 5.99. The molecule has 2 aliphatic heterocycles. The van der Waals surface area contributed by atoms with Gasteiger partial charge in [0.2, 0.25) is 0 Å². The smallest absolute Gasteiger partial charge is 0.191 e. The molecule has 2 fully saturated rings. The van der Waals surface area contributed by atoms with Crippen LogP contribution in [0.5, 0.6) is 0 Å². The molecule has 0 bridgehead atoms. The summed E-state index contributed by atoms with van der Waals surface area (Å²) in [5.41, 5.74) is 1.33. The summed E-state index contributed by atoms with van der Waals surface area (Å²) in [5, 5.41) is 8.06. The van der Waals surface area contributed by atoms with Crippen molar-refractivity contribution in [2.45, 2.75) is 49.9 Å². The van der Waals surface area contributed by atoms with Crippen molar-refractivity contribution in [2.24, 2.45) is 4.99 Å². The van der Waals surface area contributed by atoms with Gasteiger partial charge in [-0.1, -0.05) is 30.7 Å². The third-order valence-corrected chi connectivity index (χ3v) is 7.61. The summed E-state index contributed by atoms with van der Waals surface area (Å²) in [4.78, 5) is 7.00. The van der Waals surface area contributed by atoms with Gasteiger partial charge in [0.25, 0.3) is 0 Å². The lowest BCUT2D eigenvalue weighted by atomic mass is 9.99. The fraction of sp³-hybridized carbons (Fsp3) is 0.682. The van der Waals surface area contributed by atoms with Crippen LogP contribution in [0.15, 0.2) is 29.3 Å². The van der Waals surface area contributed by atoms with Crippen molar-refractivity contribution >= 4 is 29.3 Å². The monoisotopic (exact) mass is 438 g/mol. The molecule has 2 heterocycles. The van der Waals surface area contributed by atoms with Gasteiger partial charge >= 0.3 is 0 Å². The highest BCUT2D eigenvalue weighted by Crippen LogP contribution is 2.34. The van der Waals surface area contributed by atoms with Crippen molar-refractivity contribution in [3.8, 4) is 0 Å². The van der Waals surface area contributed by atoms with E-state index in [2.05, 4.69) is 51.3 Å². The van der Waals surface area contributed by atoms with E-state index in [0.717, 1.165) is 81.8 Å². The minimum absolute atomic E-state index is 0.270. The average Bonchev–Trinajstić information content (AvgIpc) is 2.75. The molecule has 5 nitrogen and oxygen atoms in total. The molecule has 1 aromatic carbocycles. The molecule has 0 atom stereocenters. The Labute approximate surface area is 185 Å². The summed E-state index contributed by atoms with van der Waals surface area (Å²) < 4.78 is 5.86. The van der Waals surface area contributed by atoms with Gasteiger partial charge in [-0.05, 0) is 49.1 Å². The van der Waals surface area contributed by atoms with E-state index in [1.54, 1.807) is 0 Å². The van der Waals surface area contributed by atoms with Gasteiger partial charge in [0.15, 0.2) is 5.96 Å². The number of aliphatic imine (C=N–C) groups is 1. The van der Waals surface area contributed by atoms with Crippen LogP contribution in [0, 0.1) is 0 Å². The van der Waals surface area contributed by atoms with Crippen molar-refractivity contribution in [1.29, 1.82) is 0 Å². The Morgan fingerprint density at radius 1 is 1.24 bits per heavy atom. The minimum atomic E-state index is 0.270. The summed E-state index contributed by atoms with van der Waals surface area (Å²) in [6.45, 7) is 8.13. The lowest BCUT2D eigenvalue weighted by Gasteiger charge is -2.37. The first-order chi connectivity index (χ1) is 14.1. The molecule has 2 N–H and O–H groups in total. The van der Waals surface area contributed by atoms with Crippen LogP contribution < -0.4 is 10.6 Å². The van der Waals surface area contributed by atoms with Crippen LogP contribution >= 0.6 is 23.4 Å². The number of ether oxygens (including phenoxy) is 1. The van der Waals surface area contributed by atoms with E-state index in [1.807, 2.05) is 19.2 Å². The summed E-state index contributed by atoms with van der Waals surface area (Å²) in [6, 6.07) is 8.68. The summed E-state index contributed by atoms with van der Waals surface area (Å²) in [5.74, 6) is 2.07. The third kappa shape index (κ3) is 7.06. The third-order valence-electron chi connectivity index (χ3n) is 5.90. The number of guanidine groups is 1. The maximum Gasteiger partial charge on any atom is 0.191 e. The number of hydrogen-bond acceptors (Lipinski definition) is 4. The number of halogens is 1. The van der Waals surface area contributed by atoms with Gasteiger partial charge in [0.05, 0.1) is 0 Å². The normalized spacial score (nSPS) is 21.1. The van der Waals surface area contributed by atoms with E-state index in [1.165, 1.54) is 5.56 Å². The summed E-state index contributed by atoms with van der Waals surface area (Å²) in [7, 11) is 1.87. The number of rotatable bonds is 7. The largest absolute Gasteiger partial charge is 0.381 e. The summed E-state index contributed by atoms with van der Waals surface area (Å²) in [6.07, 6.45) is 4.49. The Kier molecular flexibility index (Phi) is 8.97. The van der Waals surface area contributed by atoms with E-state index in [9.17, 15) is 0 Å². The molecule has 0 saturated carbocycles. The highest BCUT2D eigenvalue weighted by molar-refractivity contribution is 8.00. The predicted molar refractivity (Wildman–Crippen MR) is 125 cm³/mol.